The van der Waals surface area contributed by atoms with Gasteiger partial charge in [-0.25, -0.2) is 0 Å². The number of nitrogens with zero attached hydrogens (tertiary/aromatic N) is 1. The van der Waals surface area contributed by atoms with Crippen LogP contribution in [0.15, 0.2) is 67.0 Å². The molecular formula is C17H14Cl2N2. The monoisotopic (exact) mass is 316 g/mol. The number of hydrogen-bond acceptors (Lipinski definition) is 1. The molecular weight excluding hydrogens is 303 g/mol. The van der Waals surface area contributed by atoms with E-state index in [1.54, 1.807) is 0 Å². The van der Waals surface area contributed by atoms with E-state index in [1.165, 1.54) is 0 Å². The Labute approximate surface area is 133 Å². The third-order valence-electron chi connectivity index (χ3n) is 3.28. The van der Waals surface area contributed by atoms with Crippen molar-refractivity contribution in [2.24, 2.45) is 0 Å². The van der Waals surface area contributed by atoms with Crippen LogP contribution in [0.2, 0.25) is 10.0 Å². The highest BCUT2D eigenvalue weighted by atomic mass is 35.5. The summed E-state index contributed by atoms with van der Waals surface area (Å²) in [5, 5.41) is 4.72. The quantitative estimate of drug-likeness (QED) is 0.682. The predicted molar refractivity (Wildman–Crippen MR) is 89.6 cm³/mol. The lowest BCUT2D eigenvalue weighted by Crippen LogP contribution is -2.01. The molecule has 0 spiro atoms. The second-order valence-electron chi connectivity index (χ2n) is 4.69. The molecule has 1 aromatic heterocycles. The van der Waals surface area contributed by atoms with Gasteiger partial charge in [-0.1, -0.05) is 35.3 Å². The molecule has 106 valence electrons. The maximum absolute atomic E-state index is 6.18. The van der Waals surface area contributed by atoms with Crippen molar-refractivity contribution in [2.45, 2.75) is 6.54 Å². The Morgan fingerprint density at radius 2 is 1.52 bits per heavy atom. The van der Waals surface area contributed by atoms with Gasteiger partial charge in [0.15, 0.2) is 0 Å². The van der Waals surface area contributed by atoms with Crippen molar-refractivity contribution in [3.63, 3.8) is 0 Å². The van der Waals surface area contributed by atoms with Crippen molar-refractivity contribution in [1.82, 2.24) is 4.57 Å². The minimum Gasteiger partial charge on any atom is -0.381 e. The van der Waals surface area contributed by atoms with E-state index in [4.69, 9.17) is 23.2 Å². The van der Waals surface area contributed by atoms with Crippen LogP contribution in [0.3, 0.4) is 0 Å². The molecule has 0 radical (unpaired) electrons. The Hall–Kier alpha value is -1.90. The highest BCUT2D eigenvalue weighted by Gasteiger charge is 2.05. The fourth-order valence-corrected chi connectivity index (χ4v) is 2.71. The first kappa shape index (κ1) is 14.1. The molecule has 1 heterocycles. The van der Waals surface area contributed by atoms with Crippen LogP contribution in [0.1, 0.15) is 5.56 Å². The Kier molecular flexibility index (Phi) is 4.18. The highest BCUT2D eigenvalue weighted by Crippen LogP contribution is 2.25. The molecule has 3 aromatic rings. The van der Waals surface area contributed by atoms with Crippen molar-refractivity contribution >= 4 is 28.9 Å². The zero-order valence-corrected chi connectivity index (χ0v) is 12.8. The van der Waals surface area contributed by atoms with Gasteiger partial charge in [0.2, 0.25) is 0 Å². The molecule has 0 saturated carbocycles. The molecule has 1 N–H and O–H groups in total. The van der Waals surface area contributed by atoms with Crippen LogP contribution >= 0.6 is 23.2 Å². The fraction of sp³-hybridized carbons (Fsp3) is 0.0588. The summed E-state index contributed by atoms with van der Waals surface area (Å²) in [5.74, 6) is 0. The van der Waals surface area contributed by atoms with E-state index in [0.29, 0.717) is 16.6 Å². The van der Waals surface area contributed by atoms with Crippen molar-refractivity contribution in [3.05, 3.63) is 82.6 Å². The Bertz CT molecular complexity index is 716. The van der Waals surface area contributed by atoms with Gasteiger partial charge in [-0.05, 0) is 42.5 Å². The summed E-state index contributed by atoms with van der Waals surface area (Å²) in [6.07, 6.45) is 4.04. The molecule has 21 heavy (non-hydrogen) atoms. The van der Waals surface area contributed by atoms with Crippen molar-refractivity contribution in [3.8, 4) is 5.69 Å². The number of anilines is 1. The van der Waals surface area contributed by atoms with Crippen LogP contribution in [0, 0.1) is 0 Å². The van der Waals surface area contributed by atoms with E-state index >= 15 is 0 Å². The maximum Gasteiger partial charge on any atom is 0.0470 e. The van der Waals surface area contributed by atoms with Gasteiger partial charge in [0.05, 0.1) is 0 Å². The van der Waals surface area contributed by atoms with Gasteiger partial charge < -0.3 is 9.88 Å². The third kappa shape index (κ3) is 3.23. The number of nitrogens with one attached hydrogen (secondary N) is 1. The lowest BCUT2D eigenvalue weighted by Gasteiger charge is -2.11. The van der Waals surface area contributed by atoms with E-state index in [0.717, 1.165) is 16.9 Å². The first-order chi connectivity index (χ1) is 10.2. The molecule has 0 atom stereocenters. The lowest BCUT2D eigenvalue weighted by molar-refractivity contribution is 1.07. The van der Waals surface area contributed by atoms with E-state index in [2.05, 4.69) is 22.0 Å². The van der Waals surface area contributed by atoms with Crippen LogP contribution in [0.4, 0.5) is 5.69 Å². The van der Waals surface area contributed by atoms with Crippen LogP contribution in [-0.2, 0) is 6.54 Å². The molecule has 0 unspecified atom stereocenters. The Morgan fingerprint density at radius 1 is 0.857 bits per heavy atom. The Balaban J connectivity index is 1.78. The standard InChI is InChI=1S/C17H14Cl2N2/c18-16-7-4-8-17(19)15(16)12-20-13-5-3-6-14(11-13)21-9-1-2-10-21/h1-11,20H,12H2. The van der Waals surface area contributed by atoms with Gasteiger partial charge in [-0.2, -0.15) is 0 Å². The van der Waals surface area contributed by atoms with E-state index < -0.39 is 0 Å². The topological polar surface area (TPSA) is 17.0 Å². The molecule has 0 aliphatic heterocycles. The molecule has 2 aromatic carbocycles. The number of rotatable bonds is 4. The van der Waals surface area contributed by atoms with Gasteiger partial charge in [0.25, 0.3) is 0 Å². The van der Waals surface area contributed by atoms with E-state index in [9.17, 15) is 0 Å². The first-order valence-corrected chi connectivity index (χ1v) is 7.40. The molecule has 0 saturated heterocycles. The molecule has 2 nitrogen and oxygen atoms in total. The maximum atomic E-state index is 6.18. The highest BCUT2D eigenvalue weighted by molar-refractivity contribution is 6.36. The molecule has 4 heteroatoms. The molecule has 0 aliphatic rings. The largest absolute Gasteiger partial charge is 0.381 e. The number of benzene rings is 2. The molecule has 0 fully saturated rings. The van der Waals surface area contributed by atoms with E-state index in [-0.39, 0.29) is 0 Å². The van der Waals surface area contributed by atoms with Crippen LogP contribution in [-0.4, -0.2) is 4.57 Å². The normalized spacial score (nSPS) is 10.6. The molecule has 3 rings (SSSR count). The summed E-state index contributed by atoms with van der Waals surface area (Å²) in [4.78, 5) is 0. The summed E-state index contributed by atoms with van der Waals surface area (Å²) in [6.45, 7) is 0.591. The second-order valence-corrected chi connectivity index (χ2v) is 5.51. The Morgan fingerprint density at radius 3 is 2.24 bits per heavy atom. The molecule has 0 amide bonds. The second kappa shape index (κ2) is 6.25. The van der Waals surface area contributed by atoms with Crippen LogP contribution in [0.25, 0.3) is 5.69 Å². The predicted octanol–water partition coefficient (Wildman–Crippen LogP) is 5.40. The summed E-state index contributed by atoms with van der Waals surface area (Å²) in [5.41, 5.74) is 3.04. The minimum absolute atomic E-state index is 0.591. The fourth-order valence-electron chi connectivity index (χ4n) is 2.17. The van der Waals surface area contributed by atoms with Gasteiger partial charge in [-0.3, -0.25) is 0 Å². The average molecular weight is 317 g/mol. The molecule has 0 bridgehead atoms. The summed E-state index contributed by atoms with van der Waals surface area (Å²) in [7, 11) is 0. The number of hydrogen-bond donors (Lipinski definition) is 1. The van der Waals surface area contributed by atoms with Crippen molar-refractivity contribution in [2.75, 3.05) is 5.32 Å². The minimum atomic E-state index is 0.591. The van der Waals surface area contributed by atoms with Crippen molar-refractivity contribution in [1.29, 1.82) is 0 Å². The van der Waals surface area contributed by atoms with Crippen molar-refractivity contribution < 1.29 is 0 Å². The van der Waals surface area contributed by atoms with Gasteiger partial charge in [0.1, 0.15) is 0 Å². The smallest absolute Gasteiger partial charge is 0.0470 e. The van der Waals surface area contributed by atoms with E-state index in [1.807, 2.05) is 54.9 Å². The summed E-state index contributed by atoms with van der Waals surface area (Å²) < 4.78 is 2.06. The lowest BCUT2D eigenvalue weighted by atomic mass is 10.2. The zero-order valence-electron chi connectivity index (χ0n) is 11.3. The summed E-state index contributed by atoms with van der Waals surface area (Å²) >= 11 is 12.4. The zero-order chi connectivity index (χ0) is 14.7. The van der Waals surface area contributed by atoms with Gasteiger partial charge in [0, 0.05) is 45.9 Å². The summed E-state index contributed by atoms with van der Waals surface area (Å²) in [6, 6.07) is 17.7. The molecule has 0 aliphatic carbocycles. The average Bonchev–Trinajstić information content (AvgIpc) is 3.01. The van der Waals surface area contributed by atoms with Crippen LogP contribution in [0.5, 0.6) is 0 Å². The van der Waals surface area contributed by atoms with Gasteiger partial charge in [-0.15, -0.1) is 0 Å². The number of halogens is 2. The first-order valence-electron chi connectivity index (χ1n) is 6.64. The number of aromatic nitrogens is 1. The SMILES string of the molecule is Clc1cccc(Cl)c1CNc1cccc(-n2cccc2)c1. The van der Waals surface area contributed by atoms with Gasteiger partial charge >= 0.3 is 0 Å². The third-order valence-corrected chi connectivity index (χ3v) is 3.99. The van der Waals surface area contributed by atoms with Crippen LogP contribution < -0.4 is 5.32 Å².